The van der Waals surface area contributed by atoms with E-state index < -0.39 is 46.1 Å². The minimum atomic E-state index is -5.52. The molecule has 2 aromatic rings. The molecule has 0 bridgehead atoms. The topological polar surface area (TPSA) is 100 Å². The second kappa shape index (κ2) is 9.31. The molecule has 2 heterocycles. The molecule has 1 aromatic carbocycles. The van der Waals surface area contributed by atoms with E-state index >= 15 is 0 Å². The molecule has 1 aliphatic heterocycles. The van der Waals surface area contributed by atoms with E-state index in [2.05, 4.69) is 9.72 Å². The van der Waals surface area contributed by atoms with Crippen molar-refractivity contribution in [2.45, 2.75) is 22.3 Å². The van der Waals surface area contributed by atoms with Crippen molar-refractivity contribution in [1.82, 2.24) is 9.29 Å². The van der Waals surface area contributed by atoms with Crippen LogP contribution < -0.4 is 4.90 Å². The first-order valence-corrected chi connectivity index (χ1v) is 11.8. The van der Waals surface area contributed by atoms with Crippen LogP contribution in [-0.4, -0.2) is 73.9 Å². The van der Waals surface area contributed by atoms with E-state index in [-0.39, 0.29) is 30.5 Å². The Morgan fingerprint density at radius 1 is 1.06 bits per heavy atom. The molecule has 0 saturated carbocycles. The van der Waals surface area contributed by atoms with Gasteiger partial charge in [-0.25, -0.2) is 18.2 Å². The standard InChI is InChI=1S/C18H17F6N3O5S2/c19-17(20,21)14(28)32-11-16(29,18(22,23)24)12-1-3-13(4-2-12)26-6-8-27(9-7-26)34(30,31)15-25-5-10-33-15/h1-5,10,29H,6-9,11H2. The van der Waals surface area contributed by atoms with Crippen LogP contribution in [0, 0.1) is 0 Å². The Bertz CT molecular complexity index is 1100. The summed E-state index contributed by atoms with van der Waals surface area (Å²) >= 11 is 0.970. The van der Waals surface area contributed by atoms with E-state index in [0.717, 1.165) is 23.5 Å². The average Bonchev–Trinajstić information content (AvgIpc) is 3.32. The molecule has 1 atom stereocenters. The second-order valence-corrected chi connectivity index (χ2v) is 10.2. The number of carbonyl (C=O) groups is 1. The number of benzene rings is 1. The number of nitrogens with zero attached hydrogens (tertiary/aromatic N) is 3. The molecular weight excluding hydrogens is 516 g/mol. The van der Waals surface area contributed by atoms with E-state index in [4.69, 9.17) is 0 Å². The number of halogens is 6. The quantitative estimate of drug-likeness (QED) is 0.450. The molecule has 0 aliphatic carbocycles. The minimum Gasteiger partial charge on any atom is -0.455 e. The summed E-state index contributed by atoms with van der Waals surface area (Å²) in [6.45, 7) is -1.40. The van der Waals surface area contributed by atoms with Crippen LogP contribution in [-0.2, 0) is 25.2 Å². The fourth-order valence-corrected chi connectivity index (χ4v) is 5.55. The van der Waals surface area contributed by atoms with Gasteiger partial charge in [0.15, 0.2) is 0 Å². The zero-order chi connectivity index (χ0) is 25.4. The maximum atomic E-state index is 13.5. The van der Waals surface area contributed by atoms with Gasteiger partial charge in [0, 0.05) is 43.4 Å². The monoisotopic (exact) mass is 533 g/mol. The van der Waals surface area contributed by atoms with Gasteiger partial charge in [0.05, 0.1) is 0 Å². The summed E-state index contributed by atoms with van der Waals surface area (Å²) in [6.07, 6.45) is -9.61. The molecule has 1 fully saturated rings. The highest BCUT2D eigenvalue weighted by Gasteiger charge is 2.57. The Balaban J connectivity index is 1.71. The van der Waals surface area contributed by atoms with Gasteiger partial charge in [0.1, 0.15) is 6.61 Å². The number of thiazole rings is 1. The van der Waals surface area contributed by atoms with Gasteiger partial charge >= 0.3 is 18.3 Å². The molecular formula is C18H17F6N3O5S2. The minimum absolute atomic E-state index is 0.0528. The highest BCUT2D eigenvalue weighted by Crippen LogP contribution is 2.40. The van der Waals surface area contributed by atoms with Gasteiger partial charge < -0.3 is 14.7 Å². The maximum absolute atomic E-state index is 13.5. The van der Waals surface area contributed by atoms with Gasteiger partial charge in [-0.05, 0) is 17.7 Å². The summed E-state index contributed by atoms with van der Waals surface area (Å²) < 4.78 is 107. The zero-order valence-corrected chi connectivity index (χ0v) is 18.6. The molecule has 188 valence electrons. The number of hydrogen-bond acceptors (Lipinski definition) is 8. The van der Waals surface area contributed by atoms with Crippen LogP contribution in [0.4, 0.5) is 32.0 Å². The molecule has 1 saturated heterocycles. The first kappa shape index (κ1) is 26.2. The lowest BCUT2D eigenvalue weighted by Crippen LogP contribution is -2.49. The highest BCUT2D eigenvalue weighted by atomic mass is 32.2. The molecule has 0 amide bonds. The number of anilines is 1. The predicted octanol–water partition coefficient (Wildman–Crippen LogP) is 2.51. The van der Waals surface area contributed by atoms with Gasteiger partial charge in [-0.1, -0.05) is 12.1 Å². The Labute approximate surface area is 193 Å². The first-order valence-electron chi connectivity index (χ1n) is 9.44. The number of ether oxygens (including phenoxy) is 1. The number of carbonyl (C=O) groups excluding carboxylic acids is 1. The molecule has 3 rings (SSSR count). The molecule has 1 aliphatic rings. The van der Waals surface area contributed by atoms with E-state index in [1.54, 1.807) is 4.90 Å². The third kappa shape index (κ3) is 5.29. The van der Waals surface area contributed by atoms with Crippen LogP contribution in [0.5, 0.6) is 0 Å². The number of hydrogen-bond donors (Lipinski definition) is 1. The molecule has 34 heavy (non-hydrogen) atoms. The third-order valence-electron chi connectivity index (χ3n) is 5.03. The van der Waals surface area contributed by atoms with Crippen molar-refractivity contribution in [1.29, 1.82) is 0 Å². The summed E-state index contributed by atoms with van der Waals surface area (Å²) in [5.41, 5.74) is -4.30. The number of sulfonamides is 1. The predicted molar refractivity (Wildman–Crippen MR) is 106 cm³/mol. The van der Waals surface area contributed by atoms with Crippen LogP contribution in [0.25, 0.3) is 0 Å². The maximum Gasteiger partial charge on any atom is 0.490 e. The third-order valence-corrected chi connectivity index (χ3v) is 8.11. The summed E-state index contributed by atoms with van der Waals surface area (Å²) in [4.78, 5) is 16.3. The van der Waals surface area contributed by atoms with Gasteiger partial charge in [0.25, 0.3) is 10.0 Å². The number of piperazine rings is 1. The van der Waals surface area contributed by atoms with Gasteiger partial charge in [-0.2, -0.15) is 30.6 Å². The Kier molecular flexibility index (Phi) is 7.17. The van der Waals surface area contributed by atoms with Gasteiger partial charge in [-0.15, -0.1) is 11.3 Å². The smallest absolute Gasteiger partial charge is 0.455 e. The van der Waals surface area contributed by atoms with Crippen molar-refractivity contribution in [2.24, 2.45) is 0 Å². The van der Waals surface area contributed by atoms with Crippen LogP contribution >= 0.6 is 11.3 Å². The number of alkyl halides is 6. The first-order chi connectivity index (χ1) is 15.7. The lowest BCUT2D eigenvalue weighted by Gasteiger charge is -2.35. The number of aromatic nitrogens is 1. The van der Waals surface area contributed by atoms with E-state index in [1.807, 2.05) is 0 Å². The Hall–Kier alpha value is -2.43. The van der Waals surface area contributed by atoms with Gasteiger partial charge in [0.2, 0.25) is 9.94 Å². The molecule has 1 aromatic heterocycles. The lowest BCUT2D eigenvalue weighted by atomic mass is 9.93. The van der Waals surface area contributed by atoms with Crippen molar-refractivity contribution in [3.05, 3.63) is 41.4 Å². The molecule has 1 unspecified atom stereocenters. The molecule has 8 nitrogen and oxygen atoms in total. The average molecular weight is 533 g/mol. The SMILES string of the molecule is O=C(OCC(O)(c1ccc(N2CCN(S(=O)(=O)c3nccs3)CC2)cc1)C(F)(F)F)C(F)(F)F. The van der Waals surface area contributed by atoms with Crippen LogP contribution in [0.15, 0.2) is 40.2 Å². The normalized spacial score (nSPS) is 17.9. The number of aliphatic hydroxyl groups is 1. The van der Waals surface area contributed by atoms with Crippen LogP contribution in [0.3, 0.4) is 0 Å². The molecule has 0 spiro atoms. The fourth-order valence-electron chi connectivity index (χ4n) is 3.16. The molecule has 0 radical (unpaired) electrons. The highest BCUT2D eigenvalue weighted by molar-refractivity contribution is 7.91. The van der Waals surface area contributed by atoms with Crippen molar-refractivity contribution < 1.29 is 49.4 Å². The second-order valence-electron chi connectivity index (χ2n) is 7.17. The number of rotatable bonds is 6. The van der Waals surface area contributed by atoms with Gasteiger partial charge in [-0.3, -0.25) is 0 Å². The summed E-state index contributed by atoms with van der Waals surface area (Å²) in [7, 11) is -3.76. The summed E-state index contributed by atoms with van der Waals surface area (Å²) in [6, 6.07) is 4.09. The lowest BCUT2D eigenvalue weighted by molar-refractivity contribution is -0.283. The van der Waals surface area contributed by atoms with Crippen molar-refractivity contribution in [2.75, 3.05) is 37.7 Å². The van der Waals surface area contributed by atoms with Crippen molar-refractivity contribution in [3.8, 4) is 0 Å². The van der Waals surface area contributed by atoms with E-state index in [9.17, 15) is 44.7 Å². The number of esters is 1. The largest absolute Gasteiger partial charge is 0.490 e. The molecule has 16 heteroatoms. The Morgan fingerprint density at radius 3 is 2.12 bits per heavy atom. The Morgan fingerprint density at radius 2 is 1.65 bits per heavy atom. The van der Waals surface area contributed by atoms with Crippen LogP contribution in [0.2, 0.25) is 0 Å². The van der Waals surface area contributed by atoms with E-state index in [1.165, 1.54) is 28.0 Å². The van der Waals surface area contributed by atoms with Crippen molar-refractivity contribution >= 4 is 33.0 Å². The van der Waals surface area contributed by atoms with Crippen molar-refractivity contribution in [3.63, 3.8) is 0 Å². The zero-order valence-electron chi connectivity index (χ0n) is 17.0. The summed E-state index contributed by atoms with van der Waals surface area (Å²) in [5.74, 6) is -2.86. The van der Waals surface area contributed by atoms with E-state index in [0.29, 0.717) is 5.69 Å². The summed E-state index contributed by atoms with van der Waals surface area (Å²) in [5, 5.41) is 11.6. The fraction of sp³-hybridized carbons (Fsp3) is 0.444. The van der Waals surface area contributed by atoms with Crippen LogP contribution in [0.1, 0.15) is 5.56 Å². The molecule has 1 N–H and O–H groups in total.